The Morgan fingerprint density at radius 3 is 2.31 bits per heavy atom. The topological polar surface area (TPSA) is 82.6 Å². The fourth-order valence-electron chi connectivity index (χ4n) is 3.25. The minimum absolute atomic E-state index is 0.212. The van der Waals surface area contributed by atoms with Crippen LogP contribution in [0.3, 0.4) is 0 Å². The molecule has 0 saturated carbocycles. The van der Waals surface area contributed by atoms with Gasteiger partial charge in [-0.1, -0.05) is 29.5 Å². The van der Waals surface area contributed by atoms with Crippen LogP contribution in [0.5, 0.6) is 23.1 Å². The molecule has 0 bridgehead atoms. The van der Waals surface area contributed by atoms with Crippen LogP contribution in [0.15, 0.2) is 89.0 Å². The minimum atomic E-state index is -0.212. The molecule has 8 heteroatoms. The van der Waals surface area contributed by atoms with Crippen molar-refractivity contribution in [1.29, 1.82) is 0 Å². The highest BCUT2D eigenvalue weighted by atomic mass is 32.2. The number of hydrogen-bond donors (Lipinski definition) is 1. The first-order valence-electron chi connectivity index (χ1n) is 10.9. The number of amides is 1. The van der Waals surface area contributed by atoms with E-state index in [9.17, 15) is 4.79 Å². The molecule has 1 N–H and O–H groups in total. The monoisotopic (exact) mass is 487 g/mol. The highest BCUT2D eigenvalue weighted by Crippen LogP contribution is 2.34. The molecule has 0 aliphatic carbocycles. The van der Waals surface area contributed by atoms with Crippen molar-refractivity contribution >= 4 is 17.7 Å². The normalized spacial score (nSPS) is 10.5. The van der Waals surface area contributed by atoms with E-state index in [-0.39, 0.29) is 5.91 Å². The Bertz CT molecular complexity index is 1290. The summed E-state index contributed by atoms with van der Waals surface area (Å²) in [6, 6.07) is 20.5. The molecule has 178 valence electrons. The summed E-state index contributed by atoms with van der Waals surface area (Å²) in [5.74, 6) is 2.12. The second-order valence-electron chi connectivity index (χ2n) is 7.57. The zero-order valence-electron chi connectivity index (χ0n) is 19.6. The van der Waals surface area contributed by atoms with Gasteiger partial charge in [0, 0.05) is 35.0 Å². The lowest BCUT2D eigenvalue weighted by molar-refractivity contribution is 0.0950. The molecule has 7 nitrogen and oxygen atoms in total. The molecule has 4 aromatic rings. The van der Waals surface area contributed by atoms with Gasteiger partial charge in [-0.25, -0.2) is 9.97 Å². The third kappa shape index (κ3) is 6.30. The van der Waals surface area contributed by atoms with Crippen molar-refractivity contribution in [1.82, 2.24) is 15.3 Å². The van der Waals surface area contributed by atoms with E-state index < -0.39 is 0 Å². The second-order valence-corrected chi connectivity index (χ2v) is 8.63. The molecule has 4 rings (SSSR count). The van der Waals surface area contributed by atoms with Crippen molar-refractivity contribution in [2.45, 2.75) is 23.4 Å². The second kappa shape index (κ2) is 11.4. The highest BCUT2D eigenvalue weighted by Gasteiger charge is 2.12. The van der Waals surface area contributed by atoms with E-state index in [1.54, 1.807) is 50.9 Å². The van der Waals surface area contributed by atoms with Crippen molar-refractivity contribution in [3.63, 3.8) is 0 Å². The average molecular weight is 488 g/mol. The number of rotatable bonds is 9. The standard InChI is InChI=1S/C27H25N3O4S/c1-18-4-11-23(12-5-18)35-27-26(28-14-15-29-27)34-21-8-6-19(7-9-21)25(31)30-17-20-16-22(32-2)10-13-24(20)33-3/h4-16H,17H2,1-3H3,(H,30,31). The maximum absolute atomic E-state index is 12.7. The largest absolute Gasteiger partial charge is 0.497 e. The Hall–Kier alpha value is -4.04. The van der Waals surface area contributed by atoms with Gasteiger partial charge in [0.05, 0.1) is 14.2 Å². The third-order valence-electron chi connectivity index (χ3n) is 5.13. The first-order chi connectivity index (χ1) is 17.1. The third-order valence-corrected chi connectivity index (χ3v) is 6.11. The van der Waals surface area contributed by atoms with Crippen LogP contribution in [0.1, 0.15) is 21.5 Å². The zero-order valence-corrected chi connectivity index (χ0v) is 20.5. The molecule has 0 saturated heterocycles. The van der Waals surface area contributed by atoms with E-state index in [4.69, 9.17) is 14.2 Å². The number of carbonyl (C=O) groups is 1. The Kier molecular flexibility index (Phi) is 7.84. The van der Waals surface area contributed by atoms with Gasteiger partial charge in [-0.15, -0.1) is 0 Å². The molecule has 3 aromatic carbocycles. The summed E-state index contributed by atoms with van der Waals surface area (Å²) in [7, 11) is 3.19. The molecule has 0 unspecified atom stereocenters. The van der Waals surface area contributed by atoms with Crippen LogP contribution in [0.2, 0.25) is 0 Å². The number of methoxy groups -OCH3 is 2. The lowest BCUT2D eigenvalue weighted by Crippen LogP contribution is -2.23. The molecule has 0 spiro atoms. The van der Waals surface area contributed by atoms with Crippen molar-refractivity contribution in [2.24, 2.45) is 0 Å². The molecule has 0 aliphatic heterocycles. The van der Waals surface area contributed by atoms with Gasteiger partial charge in [0.25, 0.3) is 11.8 Å². The van der Waals surface area contributed by atoms with Gasteiger partial charge in [0.2, 0.25) is 0 Å². The molecule has 0 atom stereocenters. The molecule has 0 aliphatic rings. The number of carbonyl (C=O) groups excluding carboxylic acids is 1. The van der Waals surface area contributed by atoms with E-state index in [0.717, 1.165) is 10.5 Å². The number of benzene rings is 3. The Morgan fingerprint density at radius 1 is 0.886 bits per heavy atom. The summed E-state index contributed by atoms with van der Waals surface area (Å²) in [5.41, 5.74) is 2.52. The molecular weight excluding hydrogens is 462 g/mol. The number of aromatic nitrogens is 2. The number of hydrogen-bond acceptors (Lipinski definition) is 7. The summed E-state index contributed by atoms with van der Waals surface area (Å²) in [4.78, 5) is 22.5. The van der Waals surface area contributed by atoms with Crippen molar-refractivity contribution < 1.29 is 19.0 Å². The predicted octanol–water partition coefficient (Wildman–Crippen LogP) is 5.68. The van der Waals surface area contributed by atoms with E-state index in [1.807, 2.05) is 49.4 Å². The van der Waals surface area contributed by atoms with Crippen LogP contribution in [-0.2, 0) is 6.54 Å². The lowest BCUT2D eigenvalue weighted by atomic mass is 10.1. The summed E-state index contributed by atoms with van der Waals surface area (Å²) in [5, 5.41) is 3.57. The van der Waals surface area contributed by atoms with Crippen molar-refractivity contribution in [3.05, 3.63) is 95.8 Å². The van der Waals surface area contributed by atoms with Crippen LogP contribution in [0.4, 0.5) is 0 Å². The molecule has 1 heterocycles. The van der Waals surface area contributed by atoms with Crippen LogP contribution >= 0.6 is 11.8 Å². The van der Waals surface area contributed by atoms with Crippen LogP contribution in [0, 0.1) is 6.92 Å². The molecular formula is C27H25N3O4S. The lowest BCUT2D eigenvalue weighted by Gasteiger charge is -2.12. The first kappa shape index (κ1) is 24.1. The van der Waals surface area contributed by atoms with Crippen molar-refractivity contribution in [2.75, 3.05) is 14.2 Å². The van der Waals surface area contributed by atoms with E-state index >= 15 is 0 Å². The van der Waals surface area contributed by atoms with E-state index in [0.29, 0.717) is 40.3 Å². The predicted molar refractivity (Wildman–Crippen MR) is 135 cm³/mol. The zero-order chi connectivity index (χ0) is 24.6. The average Bonchev–Trinajstić information content (AvgIpc) is 2.90. The van der Waals surface area contributed by atoms with Gasteiger partial charge in [0.15, 0.2) is 5.03 Å². The summed E-state index contributed by atoms with van der Waals surface area (Å²) in [6.07, 6.45) is 3.22. The summed E-state index contributed by atoms with van der Waals surface area (Å²) >= 11 is 1.48. The summed E-state index contributed by atoms with van der Waals surface area (Å²) < 4.78 is 16.6. The van der Waals surface area contributed by atoms with Crippen LogP contribution in [0.25, 0.3) is 0 Å². The van der Waals surface area contributed by atoms with Gasteiger partial charge in [-0.3, -0.25) is 4.79 Å². The van der Waals surface area contributed by atoms with Crippen LogP contribution in [-0.4, -0.2) is 30.1 Å². The number of nitrogens with one attached hydrogen (secondary N) is 1. The van der Waals surface area contributed by atoms with Gasteiger partial charge < -0.3 is 19.5 Å². The van der Waals surface area contributed by atoms with E-state index in [2.05, 4.69) is 15.3 Å². The maximum atomic E-state index is 12.7. The molecule has 0 radical (unpaired) electrons. The number of ether oxygens (including phenoxy) is 3. The molecule has 1 amide bonds. The van der Waals surface area contributed by atoms with E-state index in [1.165, 1.54) is 17.3 Å². The number of aryl methyl sites for hydroxylation is 1. The number of nitrogens with zero attached hydrogens (tertiary/aromatic N) is 2. The first-order valence-corrected chi connectivity index (χ1v) is 11.7. The van der Waals surface area contributed by atoms with Crippen LogP contribution < -0.4 is 19.5 Å². The highest BCUT2D eigenvalue weighted by molar-refractivity contribution is 7.99. The molecule has 0 fully saturated rings. The fraction of sp³-hybridized carbons (Fsp3) is 0.148. The SMILES string of the molecule is COc1ccc(OC)c(CNC(=O)c2ccc(Oc3nccnc3Sc3ccc(C)cc3)cc2)c1. The smallest absolute Gasteiger partial charge is 0.252 e. The van der Waals surface area contributed by atoms with Gasteiger partial charge in [-0.2, -0.15) is 0 Å². The summed E-state index contributed by atoms with van der Waals surface area (Å²) in [6.45, 7) is 2.35. The molecule has 1 aromatic heterocycles. The Balaban J connectivity index is 1.41. The van der Waals surface area contributed by atoms with Gasteiger partial charge in [-0.05, 0) is 61.5 Å². The Morgan fingerprint density at radius 2 is 1.60 bits per heavy atom. The minimum Gasteiger partial charge on any atom is -0.497 e. The maximum Gasteiger partial charge on any atom is 0.252 e. The fourth-order valence-corrected chi connectivity index (χ4v) is 4.04. The quantitative estimate of drug-likeness (QED) is 0.325. The van der Waals surface area contributed by atoms with Crippen molar-refractivity contribution in [3.8, 4) is 23.1 Å². The Labute approximate surface area is 208 Å². The van der Waals surface area contributed by atoms with Gasteiger partial charge >= 0.3 is 0 Å². The van der Waals surface area contributed by atoms with Gasteiger partial charge in [0.1, 0.15) is 17.2 Å². The molecule has 35 heavy (non-hydrogen) atoms.